The number of nitrogens with two attached hydrogens (primary N) is 2. The monoisotopic (exact) mass is 261 g/mol. The predicted octanol–water partition coefficient (Wildman–Crippen LogP) is 0.500. The van der Waals surface area contributed by atoms with E-state index in [4.69, 9.17) is 11.5 Å². The Balaban J connectivity index is 2.22. The van der Waals surface area contributed by atoms with Crippen LogP contribution in [0.25, 0.3) is 0 Å². The number of carbonyl (C=O) groups excluding carboxylic acids is 1. The minimum Gasteiger partial charge on any atom is -0.397 e. The summed E-state index contributed by atoms with van der Waals surface area (Å²) in [6.07, 6.45) is 0.450. The summed E-state index contributed by atoms with van der Waals surface area (Å²) in [5, 5.41) is 7.27. The number of anilines is 2. The van der Waals surface area contributed by atoms with Gasteiger partial charge in [0.05, 0.1) is 17.1 Å². The minimum absolute atomic E-state index is 0.0505. The van der Waals surface area contributed by atoms with Crippen molar-refractivity contribution in [2.45, 2.75) is 13.3 Å². The Morgan fingerprint density at radius 3 is 2.95 bits per heavy atom. The molecule has 0 radical (unpaired) electrons. The zero-order valence-corrected chi connectivity index (χ0v) is 10.9. The number of amides is 1. The van der Waals surface area contributed by atoms with E-state index >= 15 is 0 Å². The number of carbonyl (C=O) groups is 1. The molecule has 1 aliphatic heterocycles. The third-order valence-corrected chi connectivity index (χ3v) is 3.07. The molecule has 0 aliphatic carbocycles. The van der Waals surface area contributed by atoms with Gasteiger partial charge in [-0.05, 0) is 12.1 Å². The molecule has 19 heavy (non-hydrogen) atoms. The normalized spacial score (nSPS) is 18.7. The molecule has 2 rings (SSSR count). The van der Waals surface area contributed by atoms with E-state index in [1.54, 1.807) is 0 Å². The molecule has 6 N–H and O–H groups in total. The number of benzene rings is 1. The first-order valence-electron chi connectivity index (χ1n) is 6.32. The standard InChI is InChI=1S/C13H19N5O/c1-8-6-12(19)17-18-13(8)9-2-3-11(10(15)7-9)16-5-4-14/h2-3,7-8,16H,4-6,14-15H2,1H3,(H,17,19). The zero-order valence-electron chi connectivity index (χ0n) is 10.9. The Morgan fingerprint density at radius 1 is 1.53 bits per heavy atom. The Morgan fingerprint density at radius 2 is 2.32 bits per heavy atom. The molecular formula is C13H19N5O. The van der Waals surface area contributed by atoms with Crippen LogP contribution in [0.2, 0.25) is 0 Å². The van der Waals surface area contributed by atoms with E-state index < -0.39 is 0 Å². The predicted molar refractivity (Wildman–Crippen MR) is 76.9 cm³/mol. The Hall–Kier alpha value is -2.08. The van der Waals surface area contributed by atoms with E-state index in [1.807, 2.05) is 25.1 Å². The fraction of sp³-hybridized carbons (Fsp3) is 0.385. The van der Waals surface area contributed by atoms with Crippen molar-refractivity contribution >= 4 is 23.0 Å². The van der Waals surface area contributed by atoms with Crippen molar-refractivity contribution in [3.63, 3.8) is 0 Å². The maximum atomic E-state index is 11.2. The lowest BCUT2D eigenvalue weighted by Crippen LogP contribution is -2.32. The van der Waals surface area contributed by atoms with E-state index in [-0.39, 0.29) is 11.8 Å². The van der Waals surface area contributed by atoms with Gasteiger partial charge in [0.15, 0.2) is 0 Å². The quantitative estimate of drug-likeness (QED) is 0.592. The molecule has 1 heterocycles. The van der Waals surface area contributed by atoms with Crippen LogP contribution < -0.4 is 22.2 Å². The smallest absolute Gasteiger partial charge is 0.240 e. The summed E-state index contributed by atoms with van der Waals surface area (Å²) in [6, 6.07) is 5.72. The van der Waals surface area contributed by atoms with E-state index in [1.165, 1.54) is 0 Å². The lowest BCUT2D eigenvalue weighted by Gasteiger charge is -2.20. The van der Waals surface area contributed by atoms with Gasteiger partial charge >= 0.3 is 0 Å². The maximum absolute atomic E-state index is 11.2. The SMILES string of the molecule is CC1CC(=O)NN=C1c1ccc(NCCN)c(N)c1. The second-order valence-corrected chi connectivity index (χ2v) is 4.65. The number of rotatable bonds is 4. The average molecular weight is 261 g/mol. The molecule has 0 spiro atoms. The van der Waals surface area contributed by atoms with Gasteiger partial charge in [-0.15, -0.1) is 0 Å². The summed E-state index contributed by atoms with van der Waals surface area (Å²) in [6.45, 7) is 3.21. The van der Waals surface area contributed by atoms with Gasteiger partial charge in [-0.3, -0.25) is 4.79 Å². The number of nitrogens with one attached hydrogen (secondary N) is 2. The average Bonchev–Trinajstić information content (AvgIpc) is 2.37. The van der Waals surface area contributed by atoms with Crippen molar-refractivity contribution in [2.24, 2.45) is 16.8 Å². The Kier molecular flexibility index (Phi) is 4.01. The Bertz CT molecular complexity index is 512. The van der Waals surface area contributed by atoms with E-state index in [2.05, 4.69) is 15.8 Å². The highest BCUT2D eigenvalue weighted by atomic mass is 16.2. The van der Waals surface area contributed by atoms with Gasteiger partial charge in [0.25, 0.3) is 0 Å². The molecule has 0 bridgehead atoms. The zero-order chi connectivity index (χ0) is 13.8. The fourth-order valence-corrected chi connectivity index (χ4v) is 2.09. The summed E-state index contributed by atoms with van der Waals surface area (Å²) in [5.41, 5.74) is 17.2. The van der Waals surface area contributed by atoms with Crippen molar-refractivity contribution in [1.29, 1.82) is 0 Å². The van der Waals surface area contributed by atoms with Gasteiger partial charge in [0.1, 0.15) is 0 Å². The van der Waals surface area contributed by atoms with Crippen LogP contribution in [0.15, 0.2) is 23.3 Å². The van der Waals surface area contributed by atoms with Gasteiger partial charge in [0, 0.05) is 31.0 Å². The summed E-state index contributed by atoms with van der Waals surface area (Å²) in [5.74, 6) is 0.0430. The summed E-state index contributed by atoms with van der Waals surface area (Å²) < 4.78 is 0. The largest absolute Gasteiger partial charge is 0.397 e. The molecule has 6 heteroatoms. The molecule has 1 aromatic carbocycles. The van der Waals surface area contributed by atoms with Crippen LogP contribution in [0.4, 0.5) is 11.4 Å². The van der Waals surface area contributed by atoms with Crippen molar-refractivity contribution in [1.82, 2.24) is 5.43 Å². The van der Waals surface area contributed by atoms with Crippen molar-refractivity contribution < 1.29 is 4.79 Å². The van der Waals surface area contributed by atoms with Crippen molar-refractivity contribution in [2.75, 3.05) is 24.1 Å². The number of nitrogen functional groups attached to an aromatic ring is 1. The highest BCUT2D eigenvalue weighted by molar-refractivity contribution is 6.06. The van der Waals surface area contributed by atoms with Crippen LogP contribution >= 0.6 is 0 Å². The molecule has 1 aliphatic rings. The van der Waals surface area contributed by atoms with Crippen LogP contribution in [-0.2, 0) is 4.79 Å². The first-order chi connectivity index (χ1) is 9.11. The molecule has 102 valence electrons. The second-order valence-electron chi connectivity index (χ2n) is 4.65. The summed E-state index contributed by atoms with van der Waals surface area (Å²) in [7, 11) is 0. The van der Waals surface area contributed by atoms with Crippen molar-refractivity contribution in [3.8, 4) is 0 Å². The van der Waals surface area contributed by atoms with Crippen LogP contribution in [0, 0.1) is 5.92 Å². The lowest BCUT2D eigenvalue weighted by molar-refractivity contribution is -0.121. The fourth-order valence-electron chi connectivity index (χ4n) is 2.09. The molecule has 1 aromatic rings. The molecule has 1 amide bonds. The van der Waals surface area contributed by atoms with Crippen LogP contribution in [-0.4, -0.2) is 24.7 Å². The number of hydrogen-bond acceptors (Lipinski definition) is 5. The minimum atomic E-state index is -0.0505. The topological polar surface area (TPSA) is 106 Å². The van der Waals surface area contributed by atoms with E-state index in [0.717, 1.165) is 17.0 Å². The molecule has 6 nitrogen and oxygen atoms in total. The van der Waals surface area contributed by atoms with Crippen molar-refractivity contribution in [3.05, 3.63) is 23.8 Å². The van der Waals surface area contributed by atoms with Gasteiger partial charge < -0.3 is 16.8 Å². The van der Waals surface area contributed by atoms with E-state index in [0.29, 0.717) is 25.2 Å². The van der Waals surface area contributed by atoms with E-state index in [9.17, 15) is 4.79 Å². The third kappa shape index (κ3) is 3.03. The van der Waals surface area contributed by atoms with Gasteiger partial charge in [-0.25, -0.2) is 5.43 Å². The molecule has 0 aromatic heterocycles. The van der Waals surface area contributed by atoms with Crippen LogP contribution in [0.3, 0.4) is 0 Å². The molecule has 0 fully saturated rings. The summed E-state index contributed by atoms with van der Waals surface area (Å²) in [4.78, 5) is 11.2. The number of hydrogen-bond donors (Lipinski definition) is 4. The summed E-state index contributed by atoms with van der Waals surface area (Å²) >= 11 is 0. The first-order valence-corrected chi connectivity index (χ1v) is 6.32. The molecule has 1 unspecified atom stereocenters. The number of nitrogens with zero attached hydrogens (tertiary/aromatic N) is 1. The number of hydrazone groups is 1. The van der Waals surface area contributed by atoms with Gasteiger partial charge in [-0.1, -0.05) is 13.0 Å². The van der Waals surface area contributed by atoms with Gasteiger partial charge in [-0.2, -0.15) is 5.10 Å². The molecule has 1 atom stereocenters. The van der Waals surface area contributed by atoms with Crippen LogP contribution in [0.5, 0.6) is 0 Å². The molecule has 0 saturated heterocycles. The molecular weight excluding hydrogens is 242 g/mol. The molecule has 0 saturated carbocycles. The second kappa shape index (κ2) is 5.71. The third-order valence-electron chi connectivity index (χ3n) is 3.07. The first kappa shape index (κ1) is 13.4. The Labute approximate surface area is 112 Å². The van der Waals surface area contributed by atoms with Crippen LogP contribution in [0.1, 0.15) is 18.9 Å². The highest BCUT2D eigenvalue weighted by Gasteiger charge is 2.21. The maximum Gasteiger partial charge on any atom is 0.240 e. The highest BCUT2D eigenvalue weighted by Crippen LogP contribution is 2.23. The van der Waals surface area contributed by atoms with Gasteiger partial charge in [0.2, 0.25) is 5.91 Å². The lowest BCUT2D eigenvalue weighted by atomic mass is 9.93.